The van der Waals surface area contributed by atoms with Crippen LogP contribution in [-0.2, 0) is 0 Å². The zero-order valence-electron chi connectivity index (χ0n) is 12.7. The summed E-state index contributed by atoms with van der Waals surface area (Å²) in [6.07, 6.45) is 6.69. The Bertz CT molecular complexity index is 729. The number of nitrogens with zero attached hydrogens (tertiary/aromatic N) is 4. The Labute approximate surface area is 134 Å². The molecule has 0 saturated carbocycles. The average molecular weight is 307 g/mol. The van der Waals surface area contributed by atoms with Gasteiger partial charge in [-0.15, -0.1) is 0 Å². The number of carbonyl (C=O) groups is 1. The third kappa shape index (κ3) is 3.46. The molecule has 0 unspecified atom stereocenters. The summed E-state index contributed by atoms with van der Waals surface area (Å²) in [5, 5.41) is 11.7. The molecule has 1 aliphatic heterocycles. The molecule has 1 N–H and O–H groups in total. The Morgan fingerprint density at radius 1 is 1.13 bits per heavy atom. The first-order chi connectivity index (χ1) is 11.3. The highest BCUT2D eigenvalue weighted by Gasteiger charge is 2.15. The summed E-state index contributed by atoms with van der Waals surface area (Å²) < 4.78 is 0. The van der Waals surface area contributed by atoms with Crippen molar-refractivity contribution in [1.82, 2.24) is 9.97 Å². The number of carbonyl (C=O) groups excluding carboxylic acids is 1. The normalized spacial score (nSPS) is 14.1. The van der Waals surface area contributed by atoms with E-state index in [0.29, 0.717) is 11.3 Å². The van der Waals surface area contributed by atoms with Crippen LogP contribution in [0.2, 0.25) is 0 Å². The summed E-state index contributed by atoms with van der Waals surface area (Å²) in [6.45, 7) is 1.96. The smallest absolute Gasteiger partial charge is 0.275 e. The molecule has 1 aliphatic rings. The van der Waals surface area contributed by atoms with E-state index in [1.54, 1.807) is 30.5 Å². The van der Waals surface area contributed by atoms with Crippen molar-refractivity contribution in [3.05, 3.63) is 47.9 Å². The first kappa shape index (κ1) is 15.0. The fourth-order valence-electron chi connectivity index (χ4n) is 2.60. The molecule has 1 aromatic heterocycles. The molecule has 0 spiro atoms. The Morgan fingerprint density at radius 2 is 1.91 bits per heavy atom. The van der Waals surface area contributed by atoms with Crippen LogP contribution < -0.4 is 10.2 Å². The van der Waals surface area contributed by atoms with Gasteiger partial charge in [-0.3, -0.25) is 4.79 Å². The number of nitrogens with one attached hydrogen (secondary N) is 1. The monoisotopic (exact) mass is 307 g/mol. The minimum Gasteiger partial charge on any atom is -0.355 e. The van der Waals surface area contributed by atoms with E-state index in [9.17, 15) is 4.79 Å². The largest absolute Gasteiger partial charge is 0.355 e. The molecule has 1 fully saturated rings. The number of para-hydroxylation sites is 1. The molecule has 0 aliphatic carbocycles. The summed E-state index contributed by atoms with van der Waals surface area (Å²) in [4.78, 5) is 23.0. The molecular weight excluding hydrogens is 290 g/mol. The quantitative estimate of drug-likeness (QED) is 0.942. The Hall–Kier alpha value is -2.94. The summed E-state index contributed by atoms with van der Waals surface area (Å²) in [6, 6.07) is 8.90. The summed E-state index contributed by atoms with van der Waals surface area (Å²) in [5.74, 6) is 0.434. The fourth-order valence-corrected chi connectivity index (χ4v) is 2.60. The molecule has 2 heterocycles. The molecule has 3 rings (SSSR count). The van der Waals surface area contributed by atoms with Crippen molar-refractivity contribution in [2.24, 2.45) is 0 Å². The summed E-state index contributed by atoms with van der Waals surface area (Å²) >= 11 is 0. The summed E-state index contributed by atoms with van der Waals surface area (Å²) in [7, 11) is 0. The van der Waals surface area contributed by atoms with Crippen LogP contribution in [0.3, 0.4) is 0 Å². The first-order valence-electron chi connectivity index (χ1n) is 7.65. The number of aromatic nitrogens is 2. The number of hydrogen-bond donors (Lipinski definition) is 1. The van der Waals surface area contributed by atoms with Gasteiger partial charge in [0.05, 0.1) is 23.6 Å². The van der Waals surface area contributed by atoms with Crippen LogP contribution in [0, 0.1) is 11.3 Å². The van der Waals surface area contributed by atoms with Gasteiger partial charge in [0.2, 0.25) is 0 Å². The second-order valence-electron chi connectivity index (χ2n) is 5.42. The predicted molar refractivity (Wildman–Crippen MR) is 87.2 cm³/mol. The van der Waals surface area contributed by atoms with Crippen molar-refractivity contribution in [3.63, 3.8) is 0 Å². The van der Waals surface area contributed by atoms with Crippen molar-refractivity contribution in [2.45, 2.75) is 19.3 Å². The SMILES string of the molecule is N#Cc1ccccc1NC(=O)c1cnc(N2CCCCC2)cn1. The van der Waals surface area contributed by atoms with Crippen molar-refractivity contribution in [1.29, 1.82) is 5.26 Å². The average Bonchev–Trinajstić information content (AvgIpc) is 2.63. The Morgan fingerprint density at radius 3 is 2.61 bits per heavy atom. The van der Waals surface area contributed by atoms with Gasteiger partial charge in [-0.1, -0.05) is 12.1 Å². The van der Waals surface area contributed by atoms with Gasteiger partial charge >= 0.3 is 0 Å². The molecule has 116 valence electrons. The number of benzene rings is 1. The minimum absolute atomic E-state index is 0.235. The number of hydrogen-bond acceptors (Lipinski definition) is 5. The highest BCUT2D eigenvalue weighted by atomic mass is 16.1. The van der Waals surface area contributed by atoms with Gasteiger partial charge in [-0.25, -0.2) is 9.97 Å². The third-order valence-corrected chi connectivity index (χ3v) is 3.85. The third-order valence-electron chi connectivity index (χ3n) is 3.85. The van der Waals surface area contributed by atoms with E-state index in [0.717, 1.165) is 31.7 Å². The molecule has 23 heavy (non-hydrogen) atoms. The van der Waals surface area contributed by atoms with Gasteiger partial charge in [-0.2, -0.15) is 5.26 Å². The van der Waals surface area contributed by atoms with Crippen LogP contribution >= 0.6 is 0 Å². The topological polar surface area (TPSA) is 81.9 Å². The van der Waals surface area contributed by atoms with Crippen LogP contribution in [0.25, 0.3) is 0 Å². The molecule has 1 saturated heterocycles. The van der Waals surface area contributed by atoms with Crippen LogP contribution in [0.5, 0.6) is 0 Å². The van der Waals surface area contributed by atoms with Crippen LogP contribution in [0.15, 0.2) is 36.7 Å². The standard InChI is InChI=1S/C17H17N5O/c18-10-13-6-2-3-7-14(13)21-17(23)15-11-20-16(12-19-15)22-8-4-1-5-9-22/h2-3,6-7,11-12H,1,4-5,8-9H2,(H,21,23). The zero-order valence-corrected chi connectivity index (χ0v) is 12.7. The van der Waals surface area contributed by atoms with Crippen LogP contribution in [0.4, 0.5) is 11.5 Å². The molecule has 2 aromatic rings. The van der Waals surface area contributed by atoms with E-state index >= 15 is 0 Å². The lowest BCUT2D eigenvalue weighted by molar-refractivity contribution is 0.102. The van der Waals surface area contributed by atoms with Gasteiger partial charge in [0.15, 0.2) is 0 Å². The molecule has 0 bridgehead atoms. The van der Waals surface area contributed by atoms with E-state index < -0.39 is 0 Å². The van der Waals surface area contributed by atoms with Crippen LogP contribution in [0.1, 0.15) is 35.3 Å². The lowest BCUT2D eigenvalue weighted by atomic mass is 10.1. The molecule has 6 nitrogen and oxygen atoms in total. The molecular formula is C17H17N5O. The first-order valence-corrected chi connectivity index (χ1v) is 7.65. The second kappa shape index (κ2) is 6.88. The van der Waals surface area contributed by atoms with E-state index in [1.165, 1.54) is 12.6 Å². The van der Waals surface area contributed by atoms with Gasteiger partial charge in [0, 0.05) is 13.1 Å². The Balaban J connectivity index is 1.71. The Kier molecular flexibility index (Phi) is 4.48. The number of nitriles is 1. The second-order valence-corrected chi connectivity index (χ2v) is 5.42. The molecule has 0 radical (unpaired) electrons. The lowest BCUT2D eigenvalue weighted by Gasteiger charge is -2.27. The number of piperidine rings is 1. The maximum Gasteiger partial charge on any atom is 0.275 e. The zero-order chi connectivity index (χ0) is 16.1. The van der Waals surface area contributed by atoms with Crippen molar-refractivity contribution in [2.75, 3.05) is 23.3 Å². The van der Waals surface area contributed by atoms with E-state index in [4.69, 9.17) is 5.26 Å². The van der Waals surface area contributed by atoms with Gasteiger partial charge in [0.1, 0.15) is 17.6 Å². The number of amides is 1. The molecule has 1 aromatic carbocycles. The van der Waals surface area contributed by atoms with Crippen LogP contribution in [-0.4, -0.2) is 29.0 Å². The maximum absolute atomic E-state index is 12.2. The van der Waals surface area contributed by atoms with E-state index in [-0.39, 0.29) is 11.6 Å². The van der Waals surface area contributed by atoms with E-state index in [1.807, 2.05) is 6.07 Å². The summed E-state index contributed by atoms with van der Waals surface area (Å²) in [5.41, 5.74) is 1.12. The lowest BCUT2D eigenvalue weighted by Crippen LogP contribution is -2.30. The molecule has 6 heteroatoms. The fraction of sp³-hybridized carbons (Fsp3) is 0.294. The van der Waals surface area contributed by atoms with Crippen molar-refractivity contribution < 1.29 is 4.79 Å². The van der Waals surface area contributed by atoms with Crippen molar-refractivity contribution >= 4 is 17.4 Å². The van der Waals surface area contributed by atoms with E-state index in [2.05, 4.69) is 20.2 Å². The van der Waals surface area contributed by atoms with Gasteiger partial charge in [0.25, 0.3) is 5.91 Å². The van der Waals surface area contributed by atoms with Gasteiger partial charge in [-0.05, 0) is 31.4 Å². The molecule has 0 atom stereocenters. The highest BCUT2D eigenvalue weighted by molar-refractivity contribution is 6.03. The number of anilines is 2. The highest BCUT2D eigenvalue weighted by Crippen LogP contribution is 2.17. The minimum atomic E-state index is -0.370. The molecule has 1 amide bonds. The van der Waals surface area contributed by atoms with Gasteiger partial charge < -0.3 is 10.2 Å². The predicted octanol–water partition coefficient (Wildman–Crippen LogP) is 2.59. The maximum atomic E-state index is 12.2. The number of rotatable bonds is 3. The van der Waals surface area contributed by atoms with Crippen molar-refractivity contribution in [3.8, 4) is 6.07 Å².